The van der Waals surface area contributed by atoms with E-state index in [1.54, 1.807) is 31.2 Å². The van der Waals surface area contributed by atoms with E-state index in [0.29, 0.717) is 5.56 Å². The minimum Gasteiger partial charge on any atom is -0.359 e. The lowest BCUT2D eigenvalue weighted by Crippen LogP contribution is -2.30. The Morgan fingerprint density at radius 3 is 2.29 bits per heavy atom. The summed E-state index contributed by atoms with van der Waals surface area (Å²) in [6.07, 6.45) is 0. The fraction of sp³-hybridized carbons (Fsp3) is 0.273. The molecule has 1 aromatic carbocycles. The molecule has 0 aliphatic heterocycles. The largest absolute Gasteiger partial charge is 0.359 e. The van der Waals surface area contributed by atoms with Crippen LogP contribution in [0, 0.1) is 5.92 Å². The fourth-order valence-corrected chi connectivity index (χ4v) is 1.19. The van der Waals surface area contributed by atoms with Gasteiger partial charge in [-0.2, -0.15) is 0 Å². The molecule has 1 unspecified atom stereocenters. The molecule has 1 N–H and O–H groups in total. The molecule has 0 aliphatic rings. The van der Waals surface area contributed by atoms with E-state index in [-0.39, 0.29) is 11.7 Å². The number of hydrogen-bond donors (Lipinski definition) is 1. The van der Waals surface area contributed by atoms with E-state index in [9.17, 15) is 9.59 Å². The first-order chi connectivity index (χ1) is 6.66. The maximum atomic E-state index is 11.7. The van der Waals surface area contributed by atoms with Gasteiger partial charge in [0.25, 0.3) is 0 Å². The first-order valence-corrected chi connectivity index (χ1v) is 4.47. The number of carbonyl (C=O) groups excluding carboxylic acids is 2. The lowest BCUT2D eigenvalue weighted by atomic mass is 9.99. The van der Waals surface area contributed by atoms with Crippen LogP contribution in [0.2, 0.25) is 0 Å². The number of nitrogens with one attached hydrogen (secondary N) is 1. The molecule has 0 radical (unpaired) electrons. The molecule has 1 aromatic rings. The summed E-state index contributed by atoms with van der Waals surface area (Å²) in [6.45, 7) is 1.61. The Morgan fingerprint density at radius 2 is 1.79 bits per heavy atom. The topological polar surface area (TPSA) is 46.2 Å². The smallest absolute Gasteiger partial charge is 0.230 e. The average Bonchev–Trinajstić information content (AvgIpc) is 2.27. The first kappa shape index (κ1) is 10.4. The quantitative estimate of drug-likeness (QED) is 0.577. The monoisotopic (exact) mass is 191 g/mol. The zero-order valence-corrected chi connectivity index (χ0v) is 8.28. The second-order valence-corrected chi connectivity index (χ2v) is 3.07. The van der Waals surface area contributed by atoms with E-state index in [0.717, 1.165) is 0 Å². The van der Waals surface area contributed by atoms with Gasteiger partial charge < -0.3 is 5.32 Å². The van der Waals surface area contributed by atoms with Crippen molar-refractivity contribution in [2.45, 2.75) is 6.92 Å². The van der Waals surface area contributed by atoms with Gasteiger partial charge >= 0.3 is 0 Å². The molecular weight excluding hydrogens is 178 g/mol. The van der Waals surface area contributed by atoms with Crippen LogP contribution in [-0.4, -0.2) is 18.7 Å². The van der Waals surface area contributed by atoms with Gasteiger partial charge in [0.05, 0.1) is 5.92 Å². The van der Waals surface area contributed by atoms with Gasteiger partial charge in [0.2, 0.25) is 5.91 Å². The molecule has 74 valence electrons. The minimum atomic E-state index is -0.623. The van der Waals surface area contributed by atoms with Gasteiger partial charge in [-0.05, 0) is 6.92 Å². The Bertz CT molecular complexity index is 332. The Balaban J connectivity index is 2.81. The predicted octanol–water partition coefficient (Wildman–Crippen LogP) is 1.25. The second-order valence-electron chi connectivity index (χ2n) is 3.07. The summed E-state index contributed by atoms with van der Waals surface area (Å²) in [7, 11) is 1.52. The van der Waals surface area contributed by atoms with Crippen molar-refractivity contribution in [2.75, 3.05) is 7.05 Å². The molecule has 0 spiro atoms. The number of hydrogen-bond acceptors (Lipinski definition) is 2. The normalized spacial score (nSPS) is 11.9. The Hall–Kier alpha value is -1.64. The molecule has 3 heteroatoms. The van der Waals surface area contributed by atoms with Crippen LogP contribution in [0.25, 0.3) is 0 Å². The molecule has 1 amide bonds. The van der Waals surface area contributed by atoms with E-state index in [2.05, 4.69) is 5.32 Å². The maximum Gasteiger partial charge on any atom is 0.230 e. The summed E-state index contributed by atoms with van der Waals surface area (Å²) in [5, 5.41) is 2.46. The first-order valence-electron chi connectivity index (χ1n) is 4.47. The summed E-state index contributed by atoms with van der Waals surface area (Å²) < 4.78 is 0. The molecular formula is C11H13NO2. The number of ketones is 1. The minimum absolute atomic E-state index is 0.148. The Kier molecular flexibility index (Phi) is 3.40. The molecule has 0 aliphatic carbocycles. The maximum absolute atomic E-state index is 11.7. The van der Waals surface area contributed by atoms with Crippen molar-refractivity contribution in [1.29, 1.82) is 0 Å². The molecule has 1 rings (SSSR count). The average molecular weight is 191 g/mol. The fourth-order valence-electron chi connectivity index (χ4n) is 1.19. The molecule has 3 nitrogen and oxygen atoms in total. The van der Waals surface area contributed by atoms with Crippen molar-refractivity contribution in [3.05, 3.63) is 35.9 Å². The van der Waals surface area contributed by atoms with Gasteiger partial charge in [-0.25, -0.2) is 0 Å². The van der Waals surface area contributed by atoms with Gasteiger partial charge in [0.15, 0.2) is 5.78 Å². The highest BCUT2D eigenvalue weighted by Gasteiger charge is 2.20. The molecule has 1 atom stereocenters. The zero-order chi connectivity index (χ0) is 10.6. The van der Waals surface area contributed by atoms with Crippen molar-refractivity contribution in [3.8, 4) is 0 Å². The van der Waals surface area contributed by atoms with Crippen LogP contribution in [0.1, 0.15) is 17.3 Å². The van der Waals surface area contributed by atoms with Crippen molar-refractivity contribution >= 4 is 11.7 Å². The van der Waals surface area contributed by atoms with Crippen LogP contribution >= 0.6 is 0 Å². The zero-order valence-electron chi connectivity index (χ0n) is 8.28. The third-order valence-electron chi connectivity index (χ3n) is 2.09. The molecule has 0 saturated heterocycles. The van der Waals surface area contributed by atoms with E-state index < -0.39 is 5.92 Å². The van der Waals surface area contributed by atoms with Crippen LogP contribution in [0.15, 0.2) is 30.3 Å². The molecule has 0 heterocycles. The lowest BCUT2D eigenvalue weighted by molar-refractivity contribution is -0.122. The van der Waals surface area contributed by atoms with Gasteiger partial charge in [-0.15, -0.1) is 0 Å². The van der Waals surface area contributed by atoms with Gasteiger partial charge in [-0.3, -0.25) is 9.59 Å². The standard InChI is InChI=1S/C11H13NO2/c1-8(11(14)12-2)10(13)9-6-4-3-5-7-9/h3-8H,1-2H3,(H,12,14). The predicted molar refractivity (Wildman–Crippen MR) is 54.0 cm³/mol. The highest BCUT2D eigenvalue weighted by molar-refractivity contribution is 6.09. The van der Waals surface area contributed by atoms with Crippen molar-refractivity contribution in [3.63, 3.8) is 0 Å². The Morgan fingerprint density at radius 1 is 1.21 bits per heavy atom. The van der Waals surface area contributed by atoms with Crippen LogP contribution in [0.3, 0.4) is 0 Å². The van der Waals surface area contributed by atoms with Crippen LogP contribution in [0.4, 0.5) is 0 Å². The van der Waals surface area contributed by atoms with E-state index in [1.165, 1.54) is 7.05 Å². The summed E-state index contributed by atoms with van der Waals surface area (Å²) in [4.78, 5) is 22.9. The number of Topliss-reactive ketones (excluding diaryl/α,β-unsaturated/α-hetero) is 1. The summed E-state index contributed by atoms with van der Waals surface area (Å²) in [5.74, 6) is -1.02. The number of amides is 1. The van der Waals surface area contributed by atoms with Crippen molar-refractivity contribution in [1.82, 2.24) is 5.32 Å². The van der Waals surface area contributed by atoms with Gasteiger partial charge in [-0.1, -0.05) is 30.3 Å². The van der Waals surface area contributed by atoms with Crippen molar-refractivity contribution < 1.29 is 9.59 Å². The summed E-state index contributed by atoms with van der Waals surface area (Å²) in [5.41, 5.74) is 0.573. The third-order valence-corrected chi connectivity index (χ3v) is 2.09. The number of carbonyl (C=O) groups is 2. The van der Waals surface area contributed by atoms with Crippen LogP contribution in [-0.2, 0) is 4.79 Å². The molecule has 0 saturated carbocycles. The molecule has 14 heavy (non-hydrogen) atoms. The lowest BCUT2D eigenvalue weighted by Gasteiger charge is -2.08. The van der Waals surface area contributed by atoms with Gasteiger partial charge in [0.1, 0.15) is 0 Å². The van der Waals surface area contributed by atoms with Crippen molar-refractivity contribution in [2.24, 2.45) is 5.92 Å². The van der Waals surface area contributed by atoms with Crippen LogP contribution < -0.4 is 5.32 Å². The molecule has 0 fully saturated rings. The SMILES string of the molecule is CNC(=O)C(C)C(=O)c1ccccc1. The third kappa shape index (κ3) is 2.19. The van der Waals surface area contributed by atoms with E-state index in [4.69, 9.17) is 0 Å². The number of benzene rings is 1. The highest BCUT2D eigenvalue weighted by atomic mass is 16.2. The second kappa shape index (κ2) is 4.56. The summed E-state index contributed by atoms with van der Waals surface area (Å²) in [6, 6.07) is 8.82. The Labute approximate surface area is 83.1 Å². The highest BCUT2D eigenvalue weighted by Crippen LogP contribution is 2.08. The van der Waals surface area contributed by atoms with E-state index in [1.807, 2.05) is 6.07 Å². The van der Waals surface area contributed by atoms with Gasteiger partial charge in [0, 0.05) is 12.6 Å². The van der Waals surface area contributed by atoms with E-state index >= 15 is 0 Å². The molecule has 0 bridgehead atoms. The number of rotatable bonds is 3. The van der Waals surface area contributed by atoms with Crippen LogP contribution in [0.5, 0.6) is 0 Å². The summed E-state index contributed by atoms with van der Waals surface area (Å²) >= 11 is 0. The molecule has 0 aromatic heterocycles.